The predicted molar refractivity (Wildman–Crippen MR) is 57.7 cm³/mol. The summed E-state index contributed by atoms with van der Waals surface area (Å²) in [4.78, 5) is 22.0. The molecule has 0 aliphatic heterocycles. The van der Waals surface area contributed by atoms with Crippen LogP contribution >= 0.6 is 11.6 Å². The number of carbonyl (C=O) groups excluding carboxylic acids is 2. The van der Waals surface area contributed by atoms with Crippen molar-refractivity contribution in [3.8, 4) is 5.75 Å². The molecule has 0 aliphatic carbocycles. The van der Waals surface area contributed by atoms with Gasteiger partial charge in [0.2, 0.25) is 0 Å². The zero-order valence-electron chi connectivity index (χ0n) is 8.49. The van der Waals surface area contributed by atoms with E-state index in [0.29, 0.717) is 23.2 Å². The van der Waals surface area contributed by atoms with Gasteiger partial charge in [0.05, 0.1) is 12.7 Å². The lowest BCUT2D eigenvalue weighted by atomic mass is 10.0. The van der Waals surface area contributed by atoms with Crippen molar-refractivity contribution in [2.24, 2.45) is 0 Å². The molecular formula is C11H11ClO3. The zero-order valence-corrected chi connectivity index (χ0v) is 9.25. The molecule has 3 nitrogen and oxygen atoms in total. The Balaban J connectivity index is 3.28. The molecule has 4 heteroatoms. The minimum atomic E-state index is -0.805. The maximum atomic E-state index is 11.1. The summed E-state index contributed by atoms with van der Waals surface area (Å²) in [6.45, 7) is 1.38. The Morgan fingerprint density at radius 2 is 2.20 bits per heavy atom. The molecular weight excluding hydrogens is 216 g/mol. The Hall–Kier alpha value is -1.35. The Morgan fingerprint density at radius 1 is 1.53 bits per heavy atom. The smallest absolute Gasteiger partial charge is 0.154 e. The normalized spacial score (nSPS) is 11.9. The molecule has 1 unspecified atom stereocenters. The van der Waals surface area contributed by atoms with Gasteiger partial charge in [-0.1, -0.05) is 12.1 Å². The summed E-state index contributed by atoms with van der Waals surface area (Å²) >= 11 is 5.89. The molecule has 0 aromatic heterocycles. The summed E-state index contributed by atoms with van der Waals surface area (Å²) in [5.41, 5.74) is 0.814. The second-order valence-electron chi connectivity index (χ2n) is 3.05. The van der Waals surface area contributed by atoms with Crippen molar-refractivity contribution in [1.29, 1.82) is 0 Å². The second kappa shape index (κ2) is 4.94. The van der Waals surface area contributed by atoms with Gasteiger partial charge in [-0.3, -0.25) is 9.59 Å². The number of halogens is 1. The highest BCUT2D eigenvalue weighted by atomic mass is 35.5. The fraction of sp³-hybridized carbons (Fsp3) is 0.273. The lowest BCUT2D eigenvalue weighted by molar-refractivity contribution is -0.116. The molecule has 0 fully saturated rings. The highest BCUT2D eigenvalue weighted by molar-refractivity contribution is 6.31. The van der Waals surface area contributed by atoms with E-state index in [-0.39, 0.29) is 5.78 Å². The molecule has 80 valence electrons. The number of aldehydes is 1. The lowest BCUT2D eigenvalue weighted by Crippen LogP contribution is -2.06. The van der Waals surface area contributed by atoms with Crippen LogP contribution in [0.4, 0.5) is 0 Å². The summed E-state index contributed by atoms with van der Waals surface area (Å²) in [6, 6.07) is 4.99. The maximum Gasteiger partial charge on any atom is 0.154 e. The summed E-state index contributed by atoms with van der Waals surface area (Å²) in [5, 5.41) is -0.805. The summed E-state index contributed by atoms with van der Waals surface area (Å²) in [5.74, 6) is 0.224. The first-order chi connectivity index (χ1) is 7.11. The molecule has 1 aromatic carbocycles. The van der Waals surface area contributed by atoms with Gasteiger partial charge in [0.1, 0.15) is 11.1 Å². The van der Waals surface area contributed by atoms with E-state index in [1.54, 1.807) is 18.2 Å². The van der Waals surface area contributed by atoms with Crippen LogP contribution in [0.3, 0.4) is 0 Å². The Morgan fingerprint density at radius 3 is 2.67 bits per heavy atom. The molecule has 0 saturated carbocycles. The first-order valence-corrected chi connectivity index (χ1v) is 4.82. The molecule has 1 rings (SSSR count). The van der Waals surface area contributed by atoms with Crippen LogP contribution in [0.2, 0.25) is 0 Å². The number of rotatable bonds is 4. The molecule has 0 N–H and O–H groups in total. The van der Waals surface area contributed by atoms with Crippen LogP contribution in [-0.4, -0.2) is 19.2 Å². The van der Waals surface area contributed by atoms with Crippen molar-refractivity contribution in [3.63, 3.8) is 0 Å². The van der Waals surface area contributed by atoms with E-state index in [4.69, 9.17) is 16.3 Å². The van der Waals surface area contributed by atoms with E-state index in [2.05, 4.69) is 0 Å². The van der Waals surface area contributed by atoms with Crippen LogP contribution in [0, 0.1) is 0 Å². The van der Waals surface area contributed by atoms with Gasteiger partial charge in [-0.25, -0.2) is 0 Å². The number of ketones is 1. The van der Waals surface area contributed by atoms with Gasteiger partial charge >= 0.3 is 0 Å². The quantitative estimate of drug-likeness (QED) is 0.585. The molecule has 0 aliphatic rings. The standard InChI is InChI=1S/C11H11ClO3/c1-7(14)11(12)8-4-3-5-10(15-2)9(8)6-13/h3-6,11H,1-2H3. The third kappa shape index (κ3) is 2.36. The van der Waals surface area contributed by atoms with Crippen LogP contribution in [0.1, 0.15) is 28.2 Å². The van der Waals surface area contributed by atoms with Crippen LogP contribution in [0.25, 0.3) is 0 Å². The van der Waals surface area contributed by atoms with Crippen molar-refractivity contribution in [2.75, 3.05) is 7.11 Å². The molecule has 1 atom stereocenters. The molecule has 0 bridgehead atoms. The third-order valence-corrected chi connectivity index (χ3v) is 2.61. The van der Waals surface area contributed by atoms with Crippen LogP contribution in [-0.2, 0) is 4.79 Å². The number of Topliss-reactive ketones (excluding diaryl/α,β-unsaturated/α-hetero) is 1. The van der Waals surface area contributed by atoms with Gasteiger partial charge < -0.3 is 4.74 Å². The third-order valence-electron chi connectivity index (χ3n) is 2.07. The van der Waals surface area contributed by atoms with E-state index in [0.717, 1.165) is 0 Å². The van der Waals surface area contributed by atoms with Crippen LogP contribution in [0.5, 0.6) is 5.75 Å². The Kier molecular flexibility index (Phi) is 3.86. The number of carbonyl (C=O) groups is 2. The molecule has 15 heavy (non-hydrogen) atoms. The highest BCUT2D eigenvalue weighted by Gasteiger charge is 2.19. The average Bonchev–Trinajstić information content (AvgIpc) is 2.26. The minimum absolute atomic E-state index is 0.201. The second-order valence-corrected chi connectivity index (χ2v) is 3.49. The van der Waals surface area contributed by atoms with Crippen molar-refractivity contribution in [3.05, 3.63) is 29.3 Å². The highest BCUT2D eigenvalue weighted by Crippen LogP contribution is 2.29. The topological polar surface area (TPSA) is 43.4 Å². The van der Waals surface area contributed by atoms with Gasteiger partial charge in [0, 0.05) is 0 Å². The SMILES string of the molecule is COc1cccc(C(Cl)C(C)=O)c1C=O. The first-order valence-electron chi connectivity index (χ1n) is 4.38. The van der Waals surface area contributed by atoms with Gasteiger partial charge in [-0.2, -0.15) is 0 Å². The largest absolute Gasteiger partial charge is 0.496 e. The van der Waals surface area contributed by atoms with Crippen molar-refractivity contribution in [1.82, 2.24) is 0 Å². The Labute approximate surface area is 93.0 Å². The number of ether oxygens (including phenoxy) is 1. The monoisotopic (exact) mass is 226 g/mol. The van der Waals surface area contributed by atoms with E-state index < -0.39 is 5.38 Å². The number of methoxy groups -OCH3 is 1. The summed E-state index contributed by atoms with van der Waals surface area (Å²) in [7, 11) is 1.46. The van der Waals surface area contributed by atoms with Gasteiger partial charge in [0.15, 0.2) is 12.1 Å². The Bertz CT molecular complexity index is 387. The fourth-order valence-corrected chi connectivity index (χ4v) is 1.50. The molecule has 0 amide bonds. The zero-order chi connectivity index (χ0) is 11.4. The number of benzene rings is 1. The summed E-state index contributed by atoms with van der Waals surface area (Å²) < 4.78 is 5.01. The van der Waals surface area contributed by atoms with Crippen LogP contribution < -0.4 is 4.74 Å². The molecule has 0 radical (unpaired) electrons. The number of hydrogen-bond acceptors (Lipinski definition) is 3. The first kappa shape index (κ1) is 11.7. The lowest BCUT2D eigenvalue weighted by Gasteiger charge is -2.11. The van der Waals surface area contributed by atoms with E-state index in [1.807, 2.05) is 0 Å². The van der Waals surface area contributed by atoms with E-state index in [9.17, 15) is 9.59 Å². The average molecular weight is 227 g/mol. The van der Waals surface area contributed by atoms with Crippen LogP contribution in [0.15, 0.2) is 18.2 Å². The molecule has 1 aromatic rings. The minimum Gasteiger partial charge on any atom is -0.496 e. The van der Waals surface area contributed by atoms with Gasteiger partial charge in [-0.15, -0.1) is 11.6 Å². The fourth-order valence-electron chi connectivity index (χ4n) is 1.31. The predicted octanol–water partition coefficient (Wildman–Crippen LogP) is 2.38. The van der Waals surface area contributed by atoms with Crippen molar-refractivity contribution < 1.29 is 14.3 Å². The molecule has 0 heterocycles. The molecule has 0 saturated heterocycles. The maximum absolute atomic E-state index is 11.1. The van der Waals surface area contributed by atoms with Crippen molar-refractivity contribution in [2.45, 2.75) is 12.3 Å². The summed E-state index contributed by atoms with van der Waals surface area (Å²) in [6.07, 6.45) is 0.645. The number of alkyl halides is 1. The molecule has 0 spiro atoms. The van der Waals surface area contributed by atoms with E-state index in [1.165, 1.54) is 14.0 Å². The number of hydrogen-bond donors (Lipinski definition) is 0. The van der Waals surface area contributed by atoms with Crippen molar-refractivity contribution >= 4 is 23.7 Å². The van der Waals surface area contributed by atoms with Gasteiger partial charge in [-0.05, 0) is 18.6 Å². The van der Waals surface area contributed by atoms with E-state index >= 15 is 0 Å². The van der Waals surface area contributed by atoms with Gasteiger partial charge in [0.25, 0.3) is 0 Å².